The van der Waals surface area contributed by atoms with Gasteiger partial charge in [-0.2, -0.15) is 0 Å². The summed E-state index contributed by atoms with van der Waals surface area (Å²) in [5, 5.41) is 9.23. The lowest BCUT2D eigenvalue weighted by molar-refractivity contribution is 0.0523. The molecule has 0 atom stereocenters. The molecule has 0 heterocycles. The minimum absolute atomic E-state index is 0.0630. The van der Waals surface area contributed by atoms with Gasteiger partial charge in [-0.15, -0.1) is 0 Å². The molecule has 0 aliphatic carbocycles. The van der Waals surface area contributed by atoms with Crippen LogP contribution in [0.3, 0.4) is 0 Å². The van der Waals surface area contributed by atoms with Crippen LogP contribution in [0.1, 0.15) is 50.5 Å². The first kappa shape index (κ1) is 18.2. The highest BCUT2D eigenvalue weighted by Gasteiger charge is 2.16. The van der Waals surface area contributed by atoms with Gasteiger partial charge in [0.15, 0.2) is 5.78 Å². The summed E-state index contributed by atoms with van der Waals surface area (Å²) in [5.41, 5.74) is 1.01. The summed E-state index contributed by atoms with van der Waals surface area (Å²) in [6.45, 7) is 3.36. The molecular weight excluding hydrogens is 324 g/mol. The van der Waals surface area contributed by atoms with Crippen LogP contribution in [0.15, 0.2) is 42.5 Å². The Morgan fingerprint density at radius 2 is 1.72 bits per heavy atom. The second-order valence-corrected chi connectivity index (χ2v) is 5.24. The molecule has 0 fully saturated rings. The molecule has 0 aliphatic rings. The first-order valence-corrected chi connectivity index (χ1v) is 7.70. The fourth-order valence-corrected chi connectivity index (χ4v) is 2.31. The molecule has 0 spiro atoms. The lowest BCUT2D eigenvalue weighted by Crippen LogP contribution is -2.10. The number of hydrogen-bond acceptors (Lipinski definition) is 5. The average Bonchev–Trinajstić information content (AvgIpc) is 2.60. The van der Waals surface area contributed by atoms with E-state index < -0.39 is 11.9 Å². The number of benzene rings is 2. The molecule has 0 radical (unpaired) electrons. The van der Waals surface area contributed by atoms with Crippen LogP contribution in [-0.2, 0) is 11.3 Å². The smallest absolute Gasteiger partial charge is 0.338 e. The van der Waals surface area contributed by atoms with E-state index in [2.05, 4.69) is 0 Å². The van der Waals surface area contributed by atoms with Gasteiger partial charge in [-0.25, -0.2) is 9.59 Å². The van der Waals surface area contributed by atoms with Crippen LogP contribution in [0.4, 0.5) is 0 Å². The number of hydrogen-bond donors (Lipinski definition) is 1. The fraction of sp³-hybridized carbons (Fsp3) is 0.211. The molecule has 6 nitrogen and oxygen atoms in total. The maximum atomic E-state index is 11.9. The van der Waals surface area contributed by atoms with Gasteiger partial charge >= 0.3 is 11.9 Å². The third-order valence-electron chi connectivity index (χ3n) is 3.51. The number of ketones is 1. The Kier molecular flexibility index (Phi) is 5.89. The van der Waals surface area contributed by atoms with E-state index in [-0.39, 0.29) is 30.1 Å². The molecule has 25 heavy (non-hydrogen) atoms. The van der Waals surface area contributed by atoms with Gasteiger partial charge in [0.05, 0.1) is 17.7 Å². The number of carboxylic acid groups (broad SMARTS) is 1. The van der Waals surface area contributed by atoms with E-state index in [1.165, 1.54) is 25.1 Å². The summed E-state index contributed by atoms with van der Waals surface area (Å²) >= 11 is 0. The number of carbonyl (C=O) groups is 3. The molecule has 130 valence electrons. The third kappa shape index (κ3) is 4.44. The number of ether oxygens (including phenoxy) is 2. The van der Waals surface area contributed by atoms with Crippen LogP contribution in [0.2, 0.25) is 0 Å². The molecule has 0 unspecified atom stereocenters. The summed E-state index contributed by atoms with van der Waals surface area (Å²) < 4.78 is 10.6. The van der Waals surface area contributed by atoms with Crippen molar-refractivity contribution in [2.75, 3.05) is 6.61 Å². The van der Waals surface area contributed by atoms with Gasteiger partial charge in [0.1, 0.15) is 12.4 Å². The molecule has 0 aromatic heterocycles. The van der Waals surface area contributed by atoms with Crippen molar-refractivity contribution in [2.45, 2.75) is 20.5 Å². The van der Waals surface area contributed by atoms with E-state index in [0.717, 1.165) is 0 Å². The summed E-state index contributed by atoms with van der Waals surface area (Å²) in [4.78, 5) is 34.7. The molecule has 2 aromatic rings. The standard InChI is InChI=1S/C19H18O6/c1-3-24-19(23)16-7-5-4-6-13(16)11-25-14-8-9-15(12(2)20)17(10-14)18(21)22/h4-10H,3,11H2,1-2H3,(H,21,22). The van der Waals surface area contributed by atoms with Crippen molar-refractivity contribution in [1.82, 2.24) is 0 Å². The number of rotatable bonds is 7. The Morgan fingerprint density at radius 3 is 2.36 bits per heavy atom. The van der Waals surface area contributed by atoms with Crippen LogP contribution in [0, 0.1) is 0 Å². The van der Waals surface area contributed by atoms with Crippen LogP contribution in [-0.4, -0.2) is 29.4 Å². The Bertz CT molecular complexity index is 809. The summed E-state index contributed by atoms with van der Waals surface area (Å²) in [7, 11) is 0. The molecule has 2 rings (SSSR count). The maximum absolute atomic E-state index is 11.9. The topological polar surface area (TPSA) is 89.9 Å². The minimum Gasteiger partial charge on any atom is -0.489 e. The van der Waals surface area contributed by atoms with E-state index in [4.69, 9.17) is 9.47 Å². The summed E-state index contributed by atoms with van der Waals surface area (Å²) in [5.74, 6) is -1.69. The van der Waals surface area contributed by atoms with Crippen molar-refractivity contribution >= 4 is 17.7 Å². The highest BCUT2D eigenvalue weighted by molar-refractivity contribution is 6.05. The Hall–Kier alpha value is -3.15. The Labute approximate surface area is 145 Å². The van der Waals surface area contributed by atoms with Crippen molar-refractivity contribution in [3.63, 3.8) is 0 Å². The Morgan fingerprint density at radius 1 is 1.00 bits per heavy atom. The Balaban J connectivity index is 2.22. The fourth-order valence-electron chi connectivity index (χ4n) is 2.31. The van der Waals surface area contributed by atoms with Gasteiger partial charge < -0.3 is 14.6 Å². The second kappa shape index (κ2) is 8.10. The zero-order chi connectivity index (χ0) is 18.4. The van der Waals surface area contributed by atoms with Crippen molar-refractivity contribution in [1.29, 1.82) is 0 Å². The summed E-state index contributed by atoms with van der Waals surface area (Å²) in [6.07, 6.45) is 0. The molecular formula is C19H18O6. The molecule has 0 amide bonds. The monoisotopic (exact) mass is 342 g/mol. The maximum Gasteiger partial charge on any atom is 0.338 e. The van der Waals surface area contributed by atoms with Crippen LogP contribution in [0.5, 0.6) is 5.75 Å². The number of carbonyl (C=O) groups excluding carboxylic acids is 2. The van der Waals surface area contributed by atoms with Gasteiger partial charge in [-0.3, -0.25) is 4.79 Å². The van der Waals surface area contributed by atoms with Crippen molar-refractivity contribution in [3.05, 3.63) is 64.7 Å². The lowest BCUT2D eigenvalue weighted by atomic mass is 10.0. The average molecular weight is 342 g/mol. The SMILES string of the molecule is CCOC(=O)c1ccccc1COc1ccc(C(C)=O)c(C(=O)O)c1. The van der Waals surface area contributed by atoms with Crippen molar-refractivity contribution < 1.29 is 29.0 Å². The highest BCUT2D eigenvalue weighted by atomic mass is 16.5. The molecule has 1 N–H and O–H groups in total. The van der Waals surface area contributed by atoms with Crippen LogP contribution >= 0.6 is 0 Å². The zero-order valence-electron chi connectivity index (χ0n) is 13.9. The predicted molar refractivity (Wildman–Crippen MR) is 90.1 cm³/mol. The number of Topliss-reactive ketones (excluding diaryl/α,β-unsaturated/α-hetero) is 1. The molecule has 2 aromatic carbocycles. The molecule has 0 bridgehead atoms. The lowest BCUT2D eigenvalue weighted by Gasteiger charge is -2.12. The van der Waals surface area contributed by atoms with Crippen LogP contribution < -0.4 is 4.74 Å². The quantitative estimate of drug-likeness (QED) is 0.613. The molecule has 0 aliphatic heterocycles. The third-order valence-corrected chi connectivity index (χ3v) is 3.51. The zero-order valence-corrected chi connectivity index (χ0v) is 13.9. The minimum atomic E-state index is -1.21. The molecule has 0 saturated carbocycles. The van der Waals surface area contributed by atoms with Crippen molar-refractivity contribution in [2.24, 2.45) is 0 Å². The van der Waals surface area contributed by atoms with Crippen LogP contribution in [0.25, 0.3) is 0 Å². The second-order valence-electron chi connectivity index (χ2n) is 5.24. The van der Waals surface area contributed by atoms with E-state index in [0.29, 0.717) is 16.9 Å². The van der Waals surface area contributed by atoms with Gasteiger partial charge in [0.25, 0.3) is 0 Å². The predicted octanol–water partition coefficient (Wildman–Crippen LogP) is 3.34. The normalized spacial score (nSPS) is 10.2. The number of esters is 1. The first-order valence-electron chi connectivity index (χ1n) is 7.70. The molecule has 6 heteroatoms. The van der Waals surface area contributed by atoms with Gasteiger partial charge in [0, 0.05) is 11.1 Å². The number of carboxylic acids is 1. The van der Waals surface area contributed by atoms with Gasteiger partial charge in [0.2, 0.25) is 0 Å². The highest BCUT2D eigenvalue weighted by Crippen LogP contribution is 2.21. The number of aromatic carboxylic acids is 1. The molecule has 0 saturated heterocycles. The largest absolute Gasteiger partial charge is 0.489 e. The van der Waals surface area contributed by atoms with E-state index in [1.54, 1.807) is 31.2 Å². The van der Waals surface area contributed by atoms with E-state index in [9.17, 15) is 19.5 Å². The van der Waals surface area contributed by atoms with E-state index >= 15 is 0 Å². The van der Waals surface area contributed by atoms with Gasteiger partial charge in [-0.1, -0.05) is 18.2 Å². The van der Waals surface area contributed by atoms with Gasteiger partial charge in [-0.05, 0) is 38.1 Å². The van der Waals surface area contributed by atoms with E-state index in [1.807, 2.05) is 0 Å². The van der Waals surface area contributed by atoms with Crippen molar-refractivity contribution in [3.8, 4) is 5.75 Å². The summed E-state index contributed by atoms with van der Waals surface area (Å²) in [6, 6.07) is 11.1. The first-order chi connectivity index (χ1) is 11.9.